The Morgan fingerprint density at radius 2 is 1.77 bits per heavy atom. The van der Waals surface area contributed by atoms with E-state index in [4.69, 9.17) is 29.4 Å². The molecule has 0 fully saturated rings. The van der Waals surface area contributed by atoms with E-state index in [1.807, 2.05) is 0 Å². The molecule has 0 unspecified atom stereocenters. The minimum atomic E-state index is -0.870. The Kier molecular flexibility index (Phi) is 5.91. The summed E-state index contributed by atoms with van der Waals surface area (Å²) in [6, 6.07) is 4.97. The lowest BCUT2D eigenvalue weighted by molar-refractivity contribution is -0.139. The van der Waals surface area contributed by atoms with E-state index in [0.717, 1.165) is 0 Å². The summed E-state index contributed by atoms with van der Waals surface area (Å²) in [4.78, 5) is 28.4. The number of carbonyl (C=O) groups excluding carboxylic acids is 1. The van der Waals surface area contributed by atoms with Crippen LogP contribution in [0.5, 0.6) is 23.0 Å². The highest BCUT2D eigenvalue weighted by Gasteiger charge is 2.38. The van der Waals surface area contributed by atoms with Crippen LogP contribution in [0.15, 0.2) is 34.4 Å². The fraction of sp³-hybridized carbons (Fsp3) is 0.333. The van der Waals surface area contributed by atoms with Gasteiger partial charge in [0.2, 0.25) is 11.6 Å². The number of fused-ring (bicyclic) bond motifs is 1. The molecule has 9 heteroatoms. The average Bonchev–Trinajstić information content (AvgIpc) is 2.71. The van der Waals surface area contributed by atoms with Crippen LogP contribution in [-0.2, 0) is 9.53 Å². The molecular formula is C21H24N2O7. The molecule has 1 aromatic heterocycles. The topological polar surface area (TPSA) is 122 Å². The van der Waals surface area contributed by atoms with Gasteiger partial charge in [-0.2, -0.15) is 0 Å². The van der Waals surface area contributed by atoms with Gasteiger partial charge in [0.25, 0.3) is 5.56 Å². The van der Waals surface area contributed by atoms with Gasteiger partial charge in [0.15, 0.2) is 11.5 Å². The molecule has 0 bridgehead atoms. The van der Waals surface area contributed by atoms with Crippen molar-refractivity contribution in [1.82, 2.24) is 4.98 Å². The summed E-state index contributed by atoms with van der Waals surface area (Å²) in [5, 5.41) is 0. The molecular weight excluding hydrogens is 392 g/mol. The van der Waals surface area contributed by atoms with Crippen LogP contribution in [0.4, 0.5) is 0 Å². The molecule has 0 radical (unpaired) electrons. The lowest BCUT2D eigenvalue weighted by Gasteiger charge is -2.28. The number of aromatic amines is 1. The Hall–Kier alpha value is -3.62. The first-order chi connectivity index (χ1) is 14.4. The van der Waals surface area contributed by atoms with Crippen molar-refractivity contribution >= 4 is 5.97 Å². The number of esters is 1. The number of nitrogens with one attached hydrogen (secondary N) is 1. The maximum absolute atomic E-state index is 12.9. The lowest BCUT2D eigenvalue weighted by atomic mass is 9.83. The van der Waals surface area contributed by atoms with E-state index < -0.39 is 17.4 Å². The van der Waals surface area contributed by atoms with Gasteiger partial charge in [-0.3, -0.25) is 4.79 Å². The van der Waals surface area contributed by atoms with Crippen LogP contribution in [0.3, 0.4) is 0 Å². The molecule has 2 aromatic rings. The molecule has 3 N–H and O–H groups in total. The molecule has 1 aliphatic rings. The van der Waals surface area contributed by atoms with E-state index in [-0.39, 0.29) is 29.4 Å². The smallest absolute Gasteiger partial charge is 0.340 e. The van der Waals surface area contributed by atoms with Crippen LogP contribution in [0.1, 0.15) is 29.7 Å². The van der Waals surface area contributed by atoms with Crippen molar-refractivity contribution in [1.29, 1.82) is 0 Å². The monoisotopic (exact) mass is 416 g/mol. The number of methoxy groups -OCH3 is 3. The van der Waals surface area contributed by atoms with Gasteiger partial charge in [-0.15, -0.1) is 0 Å². The molecule has 1 aromatic carbocycles. The Balaban J connectivity index is 2.34. The zero-order valence-corrected chi connectivity index (χ0v) is 17.5. The van der Waals surface area contributed by atoms with E-state index in [2.05, 4.69) is 4.98 Å². The highest BCUT2D eigenvalue weighted by molar-refractivity contribution is 5.92. The summed E-state index contributed by atoms with van der Waals surface area (Å²) >= 11 is 0. The van der Waals surface area contributed by atoms with Gasteiger partial charge in [0.1, 0.15) is 11.3 Å². The molecule has 2 heterocycles. The Labute approximate surface area is 173 Å². The summed E-state index contributed by atoms with van der Waals surface area (Å²) < 4.78 is 27.1. The zero-order chi connectivity index (χ0) is 22.0. The molecule has 0 spiro atoms. The third-order valence-corrected chi connectivity index (χ3v) is 4.75. The number of carbonyl (C=O) groups is 1. The number of hydrogen-bond acceptors (Lipinski definition) is 8. The predicted octanol–water partition coefficient (Wildman–Crippen LogP) is 1.97. The lowest BCUT2D eigenvalue weighted by Crippen LogP contribution is -2.32. The van der Waals surface area contributed by atoms with Crippen molar-refractivity contribution in [3.63, 3.8) is 0 Å². The Bertz CT molecular complexity index is 1050. The SMILES string of the molecule is CCOC(=O)C1=C(N)Oc2cc(C)[nH]c(=O)c2[C@H]1c1cc(OC)c(OC)c(OC)c1. The van der Waals surface area contributed by atoms with E-state index in [0.29, 0.717) is 28.5 Å². The predicted molar refractivity (Wildman–Crippen MR) is 108 cm³/mol. The summed E-state index contributed by atoms with van der Waals surface area (Å²) in [6.07, 6.45) is 0. The normalized spacial score (nSPS) is 15.2. The number of ether oxygens (including phenoxy) is 5. The summed E-state index contributed by atoms with van der Waals surface area (Å²) in [5.74, 6) is -0.311. The van der Waals surface area contributed by atoms with E-state index in [1.54, 1.807) is 32.0 Å². The molecule has 160 valence electrons. The van der Waals surface area contributed by atoms with Gasteiger partial charge in [0, 0.05) is 11.8 Å². The minimum Gasteiger partial charge on any atom is -0.493 e. The molecule has 0 amide bonds. The number of benzene rings is 1. The standard InChI is InChI=1S/C21H24N2O7/c1-6-29-21(25)17-15(11-8-13(26-3)18(28-5)14(9-11)27-4)16-12(30-19(17)22)7-10(2)23-20(16)24/h7-9,15H,6,22H2,1-5H3,(H,23,24)/t15-/m1/s1. The summed E-state index contributed by atoms with van der Waals surface area (Å²) in [7, 11) is 4.44. The largest absolute Gasteiger partial charge is 0.493 e. The van der Waals surface area contributed by atoms with Crippen LogP contribution in [-0.4, -0.2) is 38.9 Å². The fourth-order valence-corrected chi connectivity index (χ4v) is 3.52. The van der Waals surface area contributed by atoms with Gasteiger partial charge >= 0.3 is 5.97 Å². The number of aromatic nitrogens is 1. The number of rotatable bonds is 6. The maximum atomic E-state index is 12.9. The quantitative estimate of drug-likeness (QED) is 0.686. The molecule has 0 aliphatic carbocycles. The van der Waals surface area contributed by atoms with E-state index in [9.17, 15) is 9.59 Å². The second-order valence-corrected chi connectivity index (χ2v) is 6.55. The zero-order valence-electron chi connectivity index (χ0n) is 17.5. The number of aryl methyl sites for hydroxylation is 1. The van der Waals surface area contributed by atoms with Gasteiger partial charge in [-0.05, 0) is 31.5 Å². The first kappa shape index (κ1) is 21.1. The molecule has 0 saturated carbocycles. The van der Waals surface area contributed by atoms with Crippen molar-refractivity contribution in [2.75, 3.05) is 27.9 Å². The van der Waals surface area contributed by atoms with Crippen molar-refractivity contribution < 1.29 is 28.5 Å². The van der Waals surface area contributed by atoms with Gasteiger partial charge < -0.3 is 34.4 Å². The first-order valence-electron chi connectivity index (χ1n) is 9.24. The maximum Gasteiger partial charge on any atom is 0.340 e. The van der Waals surface area contributed by atoms with Gasteiger partial charge in [0.05, 0.1) is 39.4 Å². The number of pyridine rings is 1. The van der Waals surface area contributed by atoms with Crippen LogP contribution in [0.25, 0.3) is 0 Å². The highest BCUT2D eigenvalue weighted by Crippen LogP contribution is 2.46. The number of nitrogens with two attached hydrogens (primary N) is 1. The Morgan fingerprint density at radius 1 is 1.13 bits per heavy atom. The van der Waals surface area contributed by atoms with Crippen LogP contribution in [0.2, 0.25) is 0 Å². The van der Waals surface area contributed by atoms with E-state index in [1.165, 1.54) is 21.3 Å². The first-order valence-corrected chi connectivity index (χ1v) is 9.24. The number of H-pyrrole nitrogens is 1. The average molecular weight is 416 g/mol. The molecule has 30 heavy (non-hydrogen) atoms. The van der Waals surface area contributed by atoms with Crippen LogP contribution < -0.4 is 30.2 Å². The molecule has 0 saturated heterocycles. The van der Waals surface area contributed by atoms with Gasteiger partial charge in [-0.25, -0.2) is 4.79 Å². The second kappa shape index (κ2) is 8.40. The summed E-state index contributed by atoms with van der Waals surface area (Å²) in [5.41, 5.74) is 7.07. The van der Waals surface area contributed by atoms with Crippen molar-refractivity contribution in [3.05, 3.63) is 56.8 Å². The highest BCUT2D eigenvalue weighted by atomic mass is 16.5. The second-order valence-electron chi connectivity index (χ2n) is 6.55. The van der Waals surface area contributed by atoms with Crippen molar-refractivity contribution in [3.8, 4) is 23.0 Å². The van der Waals surface area contributed by atoms with Crippen LogP contribution >= 0.6 is 0 Å². The van der Waals surface area contributed by atoms with Crippen molar-refractivity contribution in [2.45, 2.75) is 19.8 Å². The van der Waals surface area contributed by atoms with E-state index >= 15 is 0 Å². The number of hydrogen-bond donors (Lipinski definition) is 2. The molecule has 9 nitrogen and oxygen atoms in total. The van der Waals surface area contributed by atoms with Crippen LogP contribution in [0, 0.1) is 6.92 Å². The fourth-order valence-electron chi connectivity index (χ4n) is 3.52. The third kappa shape index (κ3) is 3.54. The third-order valence-electron chi connectivity index (χ3n) is 4.75. The van der Waals surface area contributed by atoms with Crippen molar-refractivity contribution in [2.24, 2.45) is 5.73 Å². The molecule has 1 atom stereocenters. The Morgan fingerprint density at radius 3 is 2.30 bits per heavy atom. The minimum absolute atomic E-state index is 0.0213. The molecule has 1 aliphatic heterocycles. The summed E-state index contributed by atoms with van der Waals surface area (Å²) in [6.45, 7) is 3.53. The van der Waals surface area contributed by atoms with Gasteiger partial charge in [-0.1, -0.05) is 0 Å². The molecule has 3 rings (SSSR count).